The van der Waals surface area contributed by atoms with Crippen LogP contribution in [0.4, 0.5) is 0 Å². The zero-order valence-corrected chi connectivity index (χ0v) is 11.0. The van der Waals surface area contributed by atoms with Crippen molar-refractivity contribution in [3.63, 3.8) is 0 Å². The van der Waals surface area contributed by atoms with Crippen molar-refractivity contribution in [2.24, 2.45) is 0 Å². The number of amides is 1. The van der Waals surface area contributed by atoms with Gasteiger partial charge in [-0.1, -0.05) is 12.1 Å². The van der Waals surface area contributed by atoms with Gasteiger partial charge in [-0.15, -0.1) is 0 Å². The smallest absolute Gasteiger partial charge is 0.234 e. The summed E-state index contributed by atoms with van der Waals surface area (Å²) in [6, 6.07) is 8.08. The highest BCUT2D eigenvalue weighted by Gasteiger charge is 2.16. The maximum atomic E-state index is 11.3. The maximum absolute atomic E-state index is 11.3. The topological polar surface area (TPSA) is 41.6 Å². The molecule has 2 rings (SSSR count). The van der Waals surface area contributed by atoms with Crippen LogP contribution in [0.1, 0.15) is 19.4 Å². The maximum Gasteiger partial charge on any atom is 0.234 e. The minimum absolute atomic E-state index is 0.107. The fourth-order valence-electron chi connectivity index (χ4n) is 2.07. The van der Waals surface area contributed by atoms with E-state index in [0.717, 1.165) is 25.4 Å². The van der Waals surface area contributed by atoms with Gasteiger partial charge < -0.3 is 10.1 Å². The van der Waals surface area contributed by atoms with Crippen LogP contribution in [0.2, 0.25) is 0 Å². The van der Waals surface area contributed by atoms with E-state index in [1.165, 1.54) is 5.56 Å². The van der Waals surface area contributed by atoms with E-state index in [9.17, 15) is 4.79 Å². The third-order valence-corrected chi connectivity index (χ3v) is 2.79. The van der Waals surface area contributed by atoms with Crippen LogP contribution in [-0.2, 0) is 11.3 Å². The van der Waals surface area contributed by atoms with Crippen LogP contribution < -0.4 is 10.1 Å². The largest absolute Gasteiger partial charge is 0.491 e. The summed E-state index contributed by atoms with van der Waals surface area (Å²) < 4.78 is 5.67. The van der Waals surface area contributed by atoms with Gasteiger partial charge in [0.05, 0.1) is 12.6 Å². The Labute approximate surface area is 108 Å². The number of carbonyl (C=O) groups excluding carboxylic acids is 1. The first kappa shape index (κ1) is 12.9. The lowest BCUT2D eigenvalue weighted by Crippen LogP contribution is -2.47. The van der Waals surface area contributed by atoms with E-state index < -0.39 is 0 Å². The lowest BCUT2D eigenvalue weighted by Gasteiger charge is -2.26. The number of hydrogen-bond acceptors (Lipinski definition) is 3. The van der Waals surface area contributed by atoms with E-state index in [1.54, 1.807) is 0 Å². The van der Waals surface area contributed by atoms with E-state index >= 15 is 0 Å². The van der Waals surface area contributed by atoms with Crippen LogP contribution in [0.15, 0.2) is 24.3 Å². The van der Waals surface area contributed by atoms with Crippen LogP contribution in [0, 0.1) is 0 Å². The van der Waals surface area contributed by atoms with Crippen molar-refractivity contribution in [2.45, 2.75) is 26.5 Å². The number of benzene rings is 1. The number of piperazine rings is 1. The summed E-state index contributed by atoms with van der Waals surface area (Å²) in [6.07, 6.45) is 0.181. The summed E-state index contributed by atoms with van der Waals surface area (Å²) in [5, 5.41) is 2.83. The number of nitrogens with zero attached hydrogens (tertiary/aromatic N) is 1. The van der Waals surface area contributed by atoms with E-state index in [0.29, 0.717) is 6.54 Å². The lowest BCUT2D eigenvalue weighted by atomic mass is 10.2. The molecule has 1 amide bonds. The van der Waals surface area contributed by atoms with E-state index in [1.807, 2.05) is 32.0 Å². The SMILES string of the molecule is CC(C)Oc1cccc(CN2CCNC(=O)C2)c1. The number of nitrogens with one attached hydrogen (secondary N) is 1. The highest BCUT2D eigenvalue weighted by molar-refractivity contribution is 5.78. The fourth-order valence-corrected chi connectivity index (χ4v) is 2.07. The van der Waals surface area contributed by atoms with E-state index in [2.05, 4.69) is 16.3 Å². The normalized spacial score (nSPS) is 16.7. The van der Waals surface area contributed by atoms with Gasteiger partial charge in [-0.25, -0.2) is 0 Å². The Morgan fingerprint density at radius 1 is 1.44 bits per heavy atom. The Hall–Kier alpha value is -1.55. The molecule has 0 aromatic heterocycles. The molecule has 98 valence electrons. The van der Waals surface area contributed by atoms with Gasteiger partial charge in [-0.05, 0) is 31.5 Å². The number of hydrogen-bond donors (Lipinski definition) is 1. The zero-order valence-electron chi connectivity index (χ0n) is 11.0. The number of rotatable bonds is 4. The van der Waals surface area contributed by atoms with Crippen LogP contribution in [0.3, 0.4) is 0 Å². The molecule has 0 bridgehead atoms. The van der Waals surface area contributed by atoms with Crippen LogP contribution in [0.25, 0.3) is 0 Å². The molecule has 0 radical (unpaired) electrons. The second-order valence-electron chi connectivity index (χ2n) is 4.87. The molecule has 4 heteroatoms. The molecule has 1 N–H and O–H groups in total. The molecule has 1 fully saturated rings. The van der Waals surface area contributed by atoms with Crippen LogP contribution >= 0.6 is 0 Å². The average Bonchev–Trinajstić information content (AvgIpc) is 2.28. The Morgan fingerprint density at radius 2 is 2.28 bits per heavy atom. The van der Waals surface area contributed by atoms with E-state index in [4.69, 9.17) is 4.74 Å². The molecule has 1 saturated heterocycles. The highest BCUT2D eigenvalue weighted by atomic mass is 16.5. The number of ether oxygens (including phenoxy) is 1. The standard InChI is InChI=1S/C14H20N2O2/c1-11(2)18-13-5-3-4-12(8-13)9-16-7-6-15-14(17)10-16/h3-5,8,11H,6-7,9-10H2,1-2H3,(H,15,17). The van der Waals surface area contributed by atoms with Crippen molar-refractivity contribution in [3.05, 3.63) is 29.8 Å². The van der Waals surface area contributed by atoms with Crippen LogP contribution in [-0.4, -0.2) is 36.5 Å². The highest BCUT2D eigenvalue weighted by Crippen LogP contribution is 2.16. The van der Waals surface area contributed by atoms with Crippen molar-refractivity contribution in [2.75, 3.05) is 19.6 Å². The molecular weight excluding hydrogens is 228 g/mol. The summed E-state index contributed by atoms with van der Waals surface area (Å²) in [4.78, 5) is 13.4. The summed E-state index contributed by atoms with van der Waals surface area (Å²) in [5.41, 5.74) is 1.18. The van der Waals surface area contributed by atoms with Gasteiger partial charge >= 0.3 is 0 Å². The summed E-state index contributed by atoms with van der Waals surface area (Å²) in [5.74, 6) is 1.000. The minimum atomic E-state index is 0.107. The molecule has 1 aliphatic heterocycles. The third kappa shape index (κ3) is 3.74. The molecule has 0 aliphatic carbocycles. The van der Waals surface area contributed by atoms with Gasteiger partial charge in [-0.2, -0.15) is 0 Å². The predicted molar refractivity (Wildman–Crippen MR) is 70.5 cm³/mol. The summed E-state index contributed by atoms with van der Waals surface area (Å²) in [7, 11) is 0. The Morgan fingerprint density at radius 3 is 3.00 bits per heavy atom. The lowest BCUT2D eigenvalue weighted by molar-refractivity contribution is -0.124. The second-order valence-corrected chi connectivity index (χ2v) is 4.87. The molecule has 18 heavy (non-hydrogen) atoms. The molecule has 0 saturated carbocycles. The molecule has 1 heterocycles. The predicted octanol–water partition coefficient (Wildman–Crippen LogP) is 1.41. The number of carbonyl (C=O) groups is 1. The molecule has 0 spiro atoms. The van der Waals surface area contributed by atoms with Crippen molar-refractivity contribution < 1.29 is 9.53 Å². The first-order valence-corrected chi connectivity index (χ1v) is 6.38. The Balaban J connectivity index is 1.98. The third-order valence-electron chi connectivity index (χ3n) is 2.79. The van der Waals surface area contributed by atoms with Crippen molar-refractivity contribution in [1.29, 1.82) is 0 Å². The average molecular weight is 248 g/mol. The molecule has 0 atom stereocenters. The minimum Gasteiger partial charge on any atom is -0.491 e. The first-order valence-electron chi connectivity index (χ1n) is 6.38. The van der Waals surface area contributed by atoms with Crippen molar-refractivity contribution >= 4 is 5.91 Å². The van der Waals surface area contributed by atoms with E-state index in [-0.39, 0.29) is 12.0 Å². The van der Waals surface area contributed by atoms with Crippen molar-refractivity contribution in [3.8, 4) is 5.75 Å². The molecule has 1 aliphatic rings. The molecule has 1 aromatic rings. The first-order chi connectivity index (χ1) is 8.63. The molecular formula is C14H20N2O2. The van der Waals surface area contributed by atoms with Crippen molar-refractivity contribution in [1.82, 2.24) is 10.2 Å². The van der Waals surface area contributed by atoms with Gasteiger partial charge in [0, 0.05) is 19.6 Å². The molecule has 1 aromatic carbocycles. The van der Waals surface area contributed by atoms with Gasteiger partial charge in [0.25, 0.3) is 0 Å². The second kappa shape index (κ2) is 5.87. The monoisotopic (exact) mass is 248 g/mol. The Bertz CT molecular complexity index is 418. The summed E-state index contributed by atoms with van der Waals surface area (Å²) >= 11 is 0. The van der Waals surface area contributed by atoms with Crippen LogP contribution in [0.5, 0.6) is 5.75 Å². The van der Waals surface area contributed by atoms with Gasteiger partial charge in [0.2, 0.25) is 5.91 Å². The quantitative estimate of drug-likeness (QED) is 0.876. The van der Waals surface area contributed by atoms with Gasteiger partial charge in [0.15, 0.2) is 0 Å². The van der Waals surface area contributed by atoms with Gasteiger partial charge in [-0.3, -0.25) is 9.69 Å². The fraction of sp³-hybridized carbons (Fsp3) is 0.500. The zero-order chi connectivity index (χ0) is 13.0. The molecule has 0 unspecified atom stereocenters. The molecule has 4 nitrogen and oxygen atoms in total. The summed E-state index contributed by atoms with van der Waals surface area (Å²) in [6.45, 7) is 6.95. The Kier molecular flexibility index (Phi) is 4.20. The van der Waals surface area contributed by atoms with Gasteiger partial charge in [0.1, 0.15) is 5.75 Å².